The van der Waals surface area contributed by atoms with Gasteiger partial charge in [-0.2, -0.15) is 4.98 Å². The molecule has 0 aliphatic rings. The summed E-state index contributed by atoms with van der Waals surface area (Å²) >= 11 is 0. The lowest BCUT2D eigenvalue weighted by molar-refractivity contribution is 0.0953. The molecule has 3 rings (SSSR count). The number of nitrogens with zero attached hydrogens (tertiary/aromatic N) is 2. The third kappa shape index (κ3) is 4.40. The van der Waals surface area contributed by atoms with Gasteiger partial charge in [0.25, 0.3) is 5.91 Å². The average Bonchev–Trinajstić information content (AvgIpc) is 3.22. The zero-order valence-electron chi connectivity index (χ0n) is 15.9. The second kappa shape index (κ2) is 8.90. The van der Waals surface area contributed by atoms with Crippen LogP contribution >= 0.6 is 0 Å². The van der Waals surface area contributed by atoms with E-state index in [0.717, 1.165) is 5.56 Å². The van der Waals surface area contributed by atoms with Crippen molar-refractivity contribution >= 4 is 5.91 Å². The molecule has 1 amide bonds. The van der Waals surface area contributed by atoms with Crippen LogP contribution in [0.15, 0.2) is 47.0 Å². The molecule has 8 nitrogen and oxygen atoms in total. The first-order valence-corrected chi connectivity index (χ1v) is 8.62. The SMILES string of the molecule is COc1ccc(C(=O)NCCc2nc(-c3ccc(OC)c(OC)c3)no2)cc1. The van der Waals surface area contributed by atoms with Crippen molar-refractivity contribution in [2.45, 2.75) is 6.42 Å². The molecular formula is C20H21N3O5. The van der Waals surface area contributed by atoms with Crippen LogP contribution < -0.4 is 19.5 Å². The first kappa shape index (κ1) is 19.2. The van der Waals surface area contributed by atoms with Crippen LogP contribution in [0.4, 0.5) is 0 Å². The Morgan fingerprint density at radius 2 is 1.75 bits per heavy atom. The number of methoxy groups -OCH3 is 3. The average molecular weight is 383 g/mol. The molecule has 0 fully saturated rings. The van der Waals surface area contributed by atoms with Gasteiger partial charge in [0.05, 0.1) is 21.3 Å². The van der Waals surface area contributed by atoms with Crippen molar-refractivity contribution in [1.82, 2.24) is 15.5 Å². The molecule has 0 aliphatic carbocycles. The highest BCUT2D eigenvalue weighted by Crippen LogP contribution is 2.31. The summed E-state index contributed by atoms with van der Waals surface area (Å²) in [5, 5.41) is 6.81. The number of carbonyl (C=O) groups is 1. The molecule has 2 aromatic carbocycles. The largest absolute Gasteiger partial charge is 0.497 e. The minimum atomic E-state index is -0.178. The van der Waals surface area contributed by atoms with Gasteiger partial charge in [0.15, 0.2) is 11.5 Å². The lowest BCUT2D eigenvalue weighted by Crippen LogP contribution is -2.25. The fraction of sp³-hybridized carbons (Fsp3) is 0.250. The van der Waals surface area contributed by atoms with Crippen molar-refractivity contribution in [2.24, 2.45) is 0 Å². The van der Waals surface area contributed by atoms with Crippen molar-refractivity contribution in [2.75, 3.05) is 27.9 Å². The summed E-state index contributed by atoms with van der Waals surface area (Å²) in [7, 11) is 4.72. The Balaban J connectivity index is 1.58. The van der Waals surface area contributed by atoms with Gasteiger partial charge in [-0.25, -0.2) is 0 Å². The van der Waals surface area contributed by atoms with Crippen molar-refractivity contribution in [3.05, 3.63) is 53.9 Å². The van der Waals surface area contributed by atoms with E-state index in [1.165, 1.54) is 0 Å². The molecule has 28 heavy (non-hydrogen) atoms. The van der Waals surface area contributed by atoms with E-state index in [0.29, 0.717) is 47.5 Å². The van der Waals surface area contributed by atoms with Crippen LogP contribution in [-0.4, -0.2) is 43.9 Å². The van der Waals surface area contributed by atoms with E-state index < -0.39 is 0 Å². The molecule has 146 valence electrons. The monoisotopic (exact) mass is 383 g/mol. The normalized spacial score (nSPS) is 10.4. The smallest absolute Gasteiger partial charge is 0.251 e. The van der Waals surface area contributed by atoms with E-state index in [1.807, 2.05) is 6.07 Å². The number of hydrogen-bond donors (Lipinski definition) is 1. The number of nitrogens with one attached hydrogen (secondary N) is 1. The molecule has 1 heterocycles. The zero-order valence-corrected chi connectivity index (χ0v) is 15.9. The summed E-state index contributed by atoms with van der Waals surface area (Å²) in [6.07, 6.45) is 0.419. The fourth-order valence-corrected chi connectivity index (χ4v) is 2.58. The maximum Gasteiger partial charge on any atom is 0.251 e. The Hall–Kier alpha value is -3.55. The van der Waals surface area contributed by atoms with Crippen LogP contribution in [-0.2, 0) is 6.42 Å². The first-order valence-electron chi connectivity index (χ1n) is 8.62. The Bertz CT molecular complexity index is 937. The number of benzene rings is 2. The van der Waals surface area contributed by atoms with Gasteiger partial charge >= 0.3 is 0 Å². The summed E-state index contributed by atoms with van der Waals surface area (Å²) < 4.78 is 20.9. The molecule has 0 spiro atoms. The number of rotatable bonds is 8. The zero-order chi connectivity index (χ0) is 19.9. The number of amides is 1. The first-order chi connectivity index (χ1) is 13.6. The Morgan fingerprint density at radius 3 is 2.43 bits per heavy atom. The maximum absolute atomic E-state index is 12.1. The third-order valence-electron chi connectivity index (χ3n) is 4.09. The van der Waals surface area contributed by atoms with E-state index in [1.54, 1.807) is 57.7 Å². The molecule has 8 heteroatoms. The summed E-state index contributed by atoms with van der Waals surface area (Å²) in [6, 6.07) is 12.3. The number of ether oxygens (including phenoxy) is 3. The van der Waals surface area contributed by atoms with Gasteiger partial charge in [-0.15, -0.1) is 0 Å². The molecule has 0 saturated heterocycles. The molecule has 3 aromatic rings. The van der Waals surface area contributed by atoms with Crippen molar-refractivity contribution in [3.8, 4) is 28.6 Å². The van der Waals surface area contributed by atoms with E-state index in [4.69, 9.17) is 18.7 Å². The van der Waals surface area contributed by atoms with Gasteiger partial charge in [0.2, 0.25) is 11.7 Å². The summed E-state index contributed by atoms with van der Waals surface area (Å²) in [4.78, 5) is 16.5. The molecule has 0 unspecified atom stereocenters. The van der Waals surface area contributed by atoms with Gasteiger partial charge < -0.3 is 24.1 Å². The van der Waals surface area contributed by atoms with Gasteiger partial charge in [0, 0.05) is 24.1 Å². The van der Waals surface area contributed by atoms with Crippen LogP contribution in [0.5, 0.6) is 17.2 Å². The van der Waals surface area contributed by atoms with Crippen molar-refractivity contribution < 1.29 is 23.5 Å². The quantitative estimate of drug-likeness (QED) is 0.639. The number of aromatic nitrogens is 2. The van der Waals surface area contributed by atoms with Gasteiger partial charge in [-0.05, 0) is 42.5 Å². The maximum atomic E-state index is 12.1. The van der Waals surface area contributed by atoms with Crippen LogP contribution in [0.2, 0.25) is 0 Å². The molecule has 0 saturated carbocycles. The molecule has 0 aliphatic heterocycles. The highest BCUT2D eigenvalue weighted by Gasteiger charge is 2.13. The second-order valence-electron chi connectivity index (χ2n) is 5.82. The minimum absolute atomic E-state index is 0.178. The Kier molecular flexibility index (Phi) is 6.11. The summed E-state index contributed by atoms with van der Waals surface area (Å²) in [5.41, 5.74) is 1.30. The van der Waals surface area contributed by atoms with E-state index in [2.05, 4.69) is 15.5 Å². The van der Waals surface area contributed by atoms with Crippen molar-refractivity contribution in [1.29, 1.82) is 0 Å². The third-order valence-corrected chi connectivity index (χ3v) is 4.09. The predicted molar refractivity (Wildman–Crippen MR) is 102 cm³/mol. The summed E-state index contributed by atoms with van der Waals surface area (Å²) in [6.45, 7) is 0.373. The lowest BCUT2D eigenvalue weighted by atomic mass is 10.2. The lowest BCUT2D eigenvalue weighted by Gasteiger charge is -2.07. The molecule has 0 radical (unpaired) electrons. The van der Waals surface area contributed by atoms with E-state index in [9.17, 15) is 4.79 Å². The molecule has 1 N–H and O–H groups in total. The van der Waals surface area contributed by atoms with Crippen molar-refractivity contribution in [3.63, 3.8) is 0 Å². The van der Waals surface area contributed by atoms with Crippen LogP contribution in [0.25, 0.3) is 11.4 Å². The van der Waals surface area contributed by atoms with Crippen LogP contribution in [0.3, 0.4) is 0 Å². The highest BCUT2D eigenvalue weighted by molar-refractivity contribution is 5.94. The molecular weight excluding hydrogens is 362 g/mol. The minimum Gasteiger partial charge on any atom is -0.497 e. The standard InChI is InChI=1S/C20H21N3O5/c1-25-15-7-4-13(5-8-15)20(24)21-11-10-18-22-19(23-28-18)14-6-9-16(26-2)17(12-14)27-3/h4-9,12H,10-11H2,1-3H3,(H,21,24). The van der Waals surface area contributed by atoms with Gasteiger partial charge in [-0.3, -0.25) is 4.79 Å². The summed E-state index contributed by atoms with van der Waals surface area (Å²) in [5.74, 6) is 2.60. The number of hydrogen-bond acceptors (Lipinski definition) is 7. The fourth-order valence-electron chi connectivity index (χ4n) is 2.58. The van der Waals surface area contributed by atoms with Crippen LogP contribution in [0.1, 0.15) is 16.2 Å². The van der Waals surface area contributed by atoms with E-state index >= 15 is 0 Å². The number of carbonyl (C=O) groups excluding carboxylic acids is 1. The molecule has 0 bridgehead atoms. The van der Waals surface area contributed by atoms with E-state index in [-0.39, 0.29) is 5.91 Å². The Labute approximate surface area is 162 Å². The van der Waals surface area contributed by atoms with Gasteiger partial charge in [-0.1, -0.05) is 5.16 Å². The second-order valence-corrected chi connectivity index (χ2v) is 5.82. The molecule has 1 aromatic heterocycles. The molecule has 0 atom stereocenters. The van der Waals surface area contributed by atoms with Gasteiger partial charge in [0.1, 0.15) is 5.75 Å². The highest BCUT2D eigenvalue weighted by atomic mass is 16.5. The van der Waals surface area contributed by atoms with Crippen LogP contribution in [0, 0.1) is 0 Å². The topological polar surface area (TPSA) is 95.7 Å². The predicted octanol–water partition coefficient (Wildman–Crippen LogP) is 2.73. The Morgan fingerprint density at radius 1 is 1.00 bits per heavy atom.